The van der Waals surface area contributed by atoms with Gasteiger partial charge in [-0.3, -0.25) is 4.79 Å². The molecule has 0 spiro atoms. The summed E-state index contributed by atoms with van der Waals surface area (Å²) in [7, 11) is 4.06. The average Bonchev–Trinajstić information content (AvgIpc) is 2.39. The molecule has 0 aliphatic heterocycles. The first kappa shape index (κ1) is 15.2. The lowest BCUT2D eigenvalue weighted by Crippen LogP contribution is -2.11. The van der Waals surface area contributed by atoms with E-state index in [9.17, 15) is 4.79 Å². The van der Waals surface area contributed by atoms with E-state index in [1.807, 2.05) is 40.1 Å². The number of aryl methyl sites for hydroxylation is 2. The summed E-state index contributed by atoms with van der Waals surface area (Å²) in [6.07, 6.45) is 3.71. The van der Waals surface area contributed by atoms with E-state index in [1.54, 1.807) is 0 Å². The maximum Gasteiger partial charge on any atom is 0.184 e. The minimum atomic E-state index is 0.102. The highest BCUT2D eigenvalue weighted by molar-refractivity contribution is 6.21. The number of Topliss-reactive ketones (excluding diaryl/α,β-unsaturated/α-hetero) is 1. The third-order valence-corrected chi connectivity index (χ3v) is 3.68. The van der Waals surface area contributed by atoms with Gasteiger partial charge in [-0.25, -0.2) is 4.99 Å². The third kappa shape index (κ3) is 3.13. The number of hydrogen-bond acceptors (Lipinski definition) is 3. The van der Waals surface area contributed by atoms with Crippen LogP contribution in [0.2, 0.25) is 0 Å². The fourth-order valence-electron chi connectivity index (χ4n) is 2.49. The highest BCUT2D eigenvalue weighted by Gasteiger charge is 2.14. The van der Waals surface area contributed by atoms with Crippen LogP contribution in [-0.4, -0.2) is 25.6 Å². The number of benzene rings is 1. The van der Waals surface area contributed by atoms with Gasteiger partial charge < -0.3 is 4.90 Å². The topological polar surface area (TPSA) is 32.7 Å². The van der Waals surface area contributed by atoms with Gasteiger partial charge in [0.05, 0.1) is 11.4 Å². The average molecular weight is 282 g/mol. The van der Waals surface area contributed by atoms with Gasteiger partial charge >= 0.3 is 0 Å². The Balaban J connectivity index is 2.49. The van der Waals surface area contributed by atoms with Gasteiger partial charge in [0.15, 0.2) is 5.78 Å². The van der Waals surface area contributed by atoms with E-state index >= 15 is 0 Å². The predicted molar refractivity (Wildman–Crippen MR) is 89.9 cm³/mol. The zero-order chi connectivity index (χ0) is 15.7. The molecule has 3 heteroatoms. The molecule has 0 heterocycles. The minimum Gasteiger partial charge on any atom is -0.378 e. The maximum absolute atomic E-state index is 11.8. The van der Waals surface area contributed by atoms with Crippen molar-refractivity contribution in [2.75, 3.05) is 19.0 Å². The van der Waals surface area contributed by atoms with E-state index in [4.69, 9.17) is 4.99 Å². The summed E-state index contributed by atoms with van der Waals surface area (Å²) < 4.78 is 0. The highest BCUT2D eigenvalue weighted by Crippen LogP contribution is 2.29. The first-order valence-electron chi connectivity index (χ1n) is 7.08. The standard InChI is InChI=1S/C18H22N2O/c1-11-9-16(20(5)6)10-12(2)17(11)19-15-7-13(3)18(21)14(4)8-15/h7-10H,1-6H3. The second-order valence-electron chi connectivity index (χ2n) is 5.84. The number of allylic oxidation sites excluding steroid dienone is 4. The number of carbonyl (C=O) groups excluding carboxylic acids is 1. The Labute approximate surface area is 126 Å². The monoisotopic (exact) mass is 282 g/mol. The minimum absolute atomic E-state index is 0.102. The fourth-order valence-corrected chi connectivity index (χ4v) is 2.49. The molecule has 1 aromatic rings. The van der Waals surface area contributed by atoms with Crippen LogP contribution in [0, 0.1) is 13.8 Å². The molecule has 0 amide bonds. The van der Waals surface area contributed by atoms with Gasteiger partial charge in [0, 0.05) is 19.8 Å². The molecule has 1 aromatic carbocycles. The molecular weight excluding hydrogens is 260 g/mol. The summed E-state index contributed by atoms with van der Waals surface area (Å²) in [6.45, 7) is 7.81. The molecule has 3 nitrogen and oxygen atoms in total. The molecule has 2 rings (SSSR count). The van der Waals surface area contributed by atoms with Gasteiger partial charge in [-0.05, 0) is 74.3 Å². The molecule has 0 saturated carbocycles. The van der Waals surface area contributed by atoms with Crippen LogP contribution in [0.3, 0.4) is 0 Å². The summed E-state index contributed by atoms with van der Waals surface area (Å²) in [5.74, 6) is 0.102. The Hall–Kier alpha value is -2.16. The Bertz CT molecular complexity index is 644. The molecule has 0 fully saturated rings. The van der Waals surface area contributed by atoms with Crippen molar-refractivity contribution in [2.24, 2.45) is 4.99 Å². The van der Waals surface area contributed by atoms with Crippen LogP contribution >= 0.6 is 0 Å². The Morgan fingerprint density at radius 2 is 1.38 bits per heavy atom. The van der Waals surface area contributed by atoms with Gasteiger partial charge in [0.2, 0.25) is 0 Å². The molecule has 21 heavy (non-hydrogen) atoms. The lowest BCUT2D eigenvalue weighted by Gasteiger charge is -2.16. The number of aliphatic imine (C=N–C) groups is 1. The predicted octanol–water partition coefficient (Wildman–Crippen LogP) is 3.92. The van der Waals surface area contributed by atoms with Crippen LogP contribution in [0.5, 0.6) is 0 Å². The van der Waals surface area contributed by atoms with Crippen LogP contribution in [0.25, 0.3) is 0 Å². The van der Waals surface area contributed by atoms with Crippen molar-refractivity contribution in [1.29, 1.82) is 0 Å². The lowest BCUT2D eigenvalue weighted by molar-refractivity contribution is -0.112. The summed E-state index contributed by atoms with van der Waals surface area (Å²) >= 11 is 0. The van der Waals surface area contributed by atoms with Crippen molar-refractivity contribution in [3.8, 4) is 0 Å². The van der Waals surface area contributed by atoms with Crippen molar-refractivity contribution in [3.63, 3.8) is 0 Å². The molecule has 1 aliphatic carbocycles. The molecular formula is C18H22N2O. The molecule has 0 aromatic heterocycles. The maximum atomic E-state index is 11.8. The number of ketones is 1. The second kappa shape index (κ2) is 5.68. The van der Waals surface area contributed by atoms with Gasteiger partial charge in [0.25, 0.3) is 0 Å². The third-order valence-electron chi connectivity index (χ3n) is 3.68. The molecule has 0 atom stereocenters. The number of anilines is 1. The summed E-state index contributed by atoms with van der Waals surface area (Å²) in [6, 6.07) is 4.26. The zero-order valence-corrected chi connectivity index (χ0v) is 13.6. The van der Waals surface area contributed by atoms with Crippen LogP contribution < -0.4 is 4.90 Å². The van der Waals surface area contributed by atoms with E-state index in [-0.39, 0.29) is 5.78 Å². The largest absolute Gasteiger partial charge is 0.378 e. The van der Waals surface area contributed by atoms with Crippen molar-refractivity contribution in [3.05, 3.63) is 46.6 Å². The lowest BCUT2D eigenvalue weighted by atomic mass is 9.97. The van der Waals surface area contributed by atoms with Crippen molar-refractivity contribution >= 4 is 22.9 Å². The summed E-state index contributed by atoms with van der Waals surface area (Å²) in [5.41, 5.74) is 6.76. The number of nitrogens with zero attached hydrogens (tertiary/aromatic N) is 2. The van der Waals surface area contributed by atoms with Gasteiger partial charge in [0.1, 0.15) is 0 Å². The van der Waals surface area contributed by atoms with E-state index in [1.165, 1.54) is 5.69 Å². The van der Waals surface area contributed by atoms with E-state index in [0.717, 1.165) is 33.7 Å². The summed E-state index contributed by atoms with van der Waals surface area (Å²) in [4.78, 5) is 18.6. The van der Waals surface area contributed by atoms with Crippen LogP contribution in [-0.2, 0) is 4.79 Å². The Kier molecular flexibility index (Phi) is 4.12. The van der Waals surface area contributed by atoms with Gasteiger partial charge in [-0.15, -0.1) is 0 Å². The van der Waals surface area contributed by atoms with Crippen molar-refractivity contribution < 1.29 is 4.79 Å². The van der Waals surface area contributed by atoms with E-state index in [0.29, 0.717) is 0 Å². The second-order valence-corrected chi connectivity index (χ2v) is 5.84. The van der Waals surface area contributed by atoms with Crippen LogP contribution in [0.4, 0.5) is 11.4 Å². The first-order valence-corrected chi connectivity index (χ1v) is 7.08. The van der Waals surface area contributed by atoms with Crippen molar-refractivity contribution in [1.82, 2.24) is 0 Å². The number of hydrogen-bond donors (Lipinski definition) is 0. The normalized spacial score (nSPS) is 14.8. The molecule has 0 bridgehead atoms. The SMILES string of the molecule is CC1=CC(=Nc2c(C)cc(N(C)C)cc2C)C=C(C)C1=O. The van der Waals surface area contributed by atoms with Crippen LogP contribution in [0.1, 0.15) is 25.0 Å². The molecule has 0 N–H and O–H groups in total. The van der Waals surface area contributed by atoms with Gasteiger partial charge in [-0.1, -0.05) is 0 Å². The van der Waals surface area contributed by atoms with Gasteiger partial charge in [-0.2, -0.15) is 0 Å². The first-order chi connectivity index (χ1) is 9.79. The smallest absolute Gasteiger partial charge is 0.184 e. The Morgan fingerprint density at radius 1 is 0.905 bits per heavy atom. The molecule has 110 valence electrons. The summed E-state index contributed by atoms with van der Waals surface area (Å²) in [5, 5.41) is 0. The molecule has 1 aliphatic rings. The Morgan fingerprint density at radius 3 is 1.81 bits per heavy atom. The van der Waals surface area contributed by atoms with Crippen LogP contribution in [0.15, 0.2) is 40.4 Å². The van der Waals surface area contributed by atoms with Crippen molar-refractivity contribution in [2.45, 2.75) is 27.7 Å². The number of rotatable bonds is 2. The highest BCUT2D eigenvalue weighted by atomic mass is 16.1. The van der Waals surface area contributed by atoms with E-state index < -0.39 is 0 Å². The number of carbonyl (C=O) groups is 1. The fraction of sp³-hybridized carbons (Fsp3) is 0.333. The molecule has 0 unspecified atom stereocenters. The van der Waals surface area contributed by atoms with E-state index in [2.05, 4.69) is 30.9 Å². The molecule has 0 saturated heterocycles. The quantitative estimate of drug-likeness (QED) is 0.770. The molecule has 0 radical (unpaired) electrons. The zero-order valence-electron chi connectivity index (χ0n) is 13.6.